The van der Waals surface area contributed by atoms with Gasteiger partial charge in [0, 0.05) is 0 Å². The molecule has 0 aromatic carbocycles. The van der Waals surface area contributed by atoms with Crippen LogP contribution in [0.15, 0.2) is 0 Å². The summed E-state index contributed by atoms with van der Waals surface area (Å²) in [7, 11) is 0. The molecule has 0 spiro atoms. The second kappa shape index (κ2) is 6.12. The molecule has 0 aliphatic heterocycles. The third kappa shape index (κ3) is 8.93. The molecule has 0 unspecified atom stereocenters. The average Bonchev–Trinajstić information content (AvgIpc) is 1.38. The molecule has 0 aliphatic rings. The first-order valence-electron chi connectivity index (χ1n) is 1.61. The van der Waals surface area contributed by atoms with Gasteiger partial charge in [0.15, 0.2) is 0 Å². The Morgan fingerprint density at radius 2 is 1.50 bits per heavy atom. The second-order valence-electron chi connectivity index (χ2n) is 1.11. The Morgan fingerprint density at radius 3 is 1.50 bits per heavy atom. The largest absolute Gasteiger partial charge is 1.00 e. The fraction of sp³-hybridized carbons (Fsp3) is 0.750. The zero-order valence-electron chi connectivity index (χ0n) is 4.91. The molecule has 0 fully saturated rings. The van der Waals surface area contributed by atoms with E-state index in [2.05, 4.69) is 19.7 Å². The molecule has 0 heterocycles. The van der Waals surface area contributed by atoms with Gasteiger partial charge in [-0.3, -0.25) is 0 Å². The summed E-state index contributed by atoms with van der Waals surface area (Å²) in [6.07, 6.45) is 0. The average molecular weight is 143 g/mol. The topological polar surface area (TPSA) is 0 Å². The molecule has 2 heteroatoms. The third-order valence-electron chi connectivity index (χ3n) is 0.408. The molecule has 6 heavy (non-hydrogen) atoms. The van der Waals surface area contributed by atoms with Crippen LogP contribution in [-0.4, -0.2) is 15.0 Å². The van der Waals surface area contributed by atoms with E-state index in [0.29, 0.717) is 0 Å². The van der Waals surface area contributed by atoms with Gasteiger partial charge in [-0.25, -0.2) is 0 Å². The predicted octanol–water partition coefficient (Wildman–Crippen LogP) is -1.69. The molecule has 0 aromatic rings. The van der Waals surface area contributed by atoms with Crippen molar-refractivity contribution in [1.82, 2.24) is 0 Å². The predicted molar refractivity (Wildman–Crippen MR) is 26.2 cm³/mol. The number of rotatable bonds is 1. The summed E-state index contributed by atoms with van der Waals surface area (Å²) in [6, 6.07) is 0. The van der Waals surface area contributed by atoms with E-state index in [0.717, 1.165) is 15.0 Å². The molecular formula is C4H9LiSe. The van der Waals surface area contributed by atoms with E-state index in [1.54, 1.807) is 4.82 Å². The Labute approximate surface area is 58.4 Å². The summed E-state index contributed by atoms with van der Waals surface area (Å²) < 4.78 is 0. The Morgan fingerprint density at radius 1 is 1.33 bits per heavy atom. The minimum atomic E-state index is 0. The van der Waals surface area contributed by atoms with Crippen LogP contribution >= 0.6 is 0 Å². The van der Waals surface area contributed by atoms with E-state index in [9.17, 15) is 0 Å². The van der Waals surface area contributed by atoms with Gasteiger partial charge in [0.25, 0.3) is 0 Å². The summed E-state index contributed by atoms with van der Waals surface area (Å²) in [4.78, 5) is 1.57. The van der Waals surface area contributed by atoms with Gasteiger partial charge in [0.2, 0.25) is 0 Å². The maximum Gasteiger partial charge on any atom is 1.00 e. The molecule has 0 saturated carbocycles. The van der Waals surface area contributed by atoms with E-state index >= 15 is 0 Å². The van der Waals surface area contributed by atoms with Crippen LogP contribution in [0.25, 0.3) is 0 Å². The Balaban J connectivity index is 0. The fourth-order valence-corrected chi connectivity index (χ4v) is 0. The standard InChI is InChI=1S/C4H9Se.Li/c1-4(2)5-3;/h1-3H3;/q-1;+1. The maximum absolute atomic E-state index is 2.22. The van der Waals surface area contributed by atoms with Crippen molar-refractivity contribution in [3.05, 3.63) is 4.82 Å². The number of hydrogen-bond acceptors (Lipinski definition) is 0. The summed E-state index contributed by atoms with van der Waals surface area (Å²) in [5.74, 6) is 2.22. The van der Waals surface area contributed by atoms with Gasteiger partial charge >= 0.3 is 58.3 Å². The first-order valence-corrected chi connectivity index (χ1v) is 4.18. The zero-order chi connectivity index (χ0) is 4.28. The van der Waals surface area contributed by atoms with E-state index in [1.807, 2.05) is 0 Å². The van der Waals surface area contributed by atoms with Gasteiger partial charge in [0.1, 0.15) is 0 Å². The van der Waals surface area contributed by atoms with E-state index in [4.69, 9.17) is 0 Å². The fourth-order valence-electron chi connectivity index (χ4n) is 0. The summed E-state index contributed by atoms with van der Waals surface area (Å²) in [5.41, 5.74) is 0. The van der Waals surface area contributed by atoms with Gasteiger partial charge in [0.05, 0.1) is 0 Å². The minimum absolute atomic E-state index is 0. The van der Waals surface area contributed by atoms with Crippen molar-refractivity contribution in [3.63, 3.8) is 0 Å². The first-order chi connectivity index (χ1) is 2.27. The summed E-state index contributed by atoms with van der Waals surface area (Å²) in [6.45, 7) is 4.33. The van der Waals surface area contributed by atoms with E-state index in [1.165, 1.54) is 0 Å². The molecule has 0 radical (unpaired) electrons. The molecule has 0 atom stereocenters. The molecule has 0 aromatic heterocycles. The summed E-state index contributed by atoms with van der Waals surface area (Å²) >= 11 is 0.792. The van der Waals surface area contributed by atoms with Gasteiger partial charge < -0.3 is 0 Å². The molecule has 0 rings (SSSR count). The van der Waals surface area contributed by atoms with Crippen molar-refractivity contribution in [3.8, 4) is 0 Å². The maximum atomic E-state index is 2.22. The van der Waals surface area contributed by atoms with Gasteiger partial charge in [-0.1, -0.05) is 0 Å². The van der Waals surface area contributed by atoms with Crippen LogP contribution < -0.4 is 18.9 Å². The first kappa shape index (κ1) is 10.2. The van der Waals surface area contributed by atoms with E-state index < -0.39 is 0 Å². The van der Waals surface area contributed by atoms with Crippen LogP contribution in [0.5, 0.6) is 0 Å². The van der Waals surface area contributed by atoms with E-state index in [-0.39, 0.29) is 18.9 Å². The van der Waals surface area contributed by atoms with Crippen LogP contribution in [0.1, 0.15) is 13.8 Å². The molecule has 0 nitrogen and oxygen atoms in total. The Bertz CT molecular complexity index is 21.5. The molecule has 0 aliphatic carbocycles. The Kier molecular flexibility index (Phi) is 10.4. The molecule has 0 bridgehead atoms. The zero-order valence-corrected chi connectivity index (χ0v) is 6.62. The van der Waals surface area contributed by atoms with Crippen LogP contribution in [-0.2, 0) is 0 Å². The van der Waals surface area contributed by atoms with Crippen molar-refractivity contribution in [2.24, 2.45) is 0 Å². The molecule has 0 amide bonds. The molecule has 0 saturated heterocycles. The minimum Gasteiger partial charge on any atom is 1.00 e. The van der Waals surface area contributed by atoms with Crippen LogP contribution in [0.3, 0.4) is 0 Å². The normalized spacial score (nSPS) is 8.00. The molecule has 32 valence electrons. The number of hydrogen-bond donors (Lipinski definition) is 0. The van der Waals surface area contributed by atoms with Crippen molar-refractivity contribution < 1.29 is 18.9 Å². The van der Waals surface area contributed by atoms with Crippen LogP contribution in [0.4, 0.5) is 0 Å². The van der Waals surface area contributed by atoms with Gasteiger partial charge in [-0.05, 0) is 0 Å². The smallest absolute Gasteiger partial charge is 1.00 e. The van der Waals surface area contributed by atoms with Gasteiger partial charge in [-0.15, -0.1) is 0 Å². The van der Waals surface area contributed by atoms with Crippen molar-refractivity contribution in [2.75, 3.05) is 0 Å². The van der Waals surface area contributed by atoms with Gasteiger partial charge in [-0.2, -0.15) is 0 Å². The second-order valence-corrected chi connectivity index (χ2v) is 3.68. The quantitative estimate of drug-likeness (QED) is 0.303. The monoisotopic (exact) mass is 144 g/mol. The van der Waals surface area contributed by atoms with Crippen molar-refractivity contribution >= 4 is 15.0 Å². The SMILES string of the molecule is C[Se][C-](C)C.[Li+]. The molecular weight excluding hydrogens is 134 g/mol. The molecule has 0 N–H and O–H groups in total. The van der Waals surface area contributed by atoms with Crippen molar-refractivity contribution in [1.29, 1.82) is 0 Å². The van der Waals surface area contributed by atoms with Crippen LogP contribution in [0.2, 0.25) is 5.82 Å². The van der Waals surface area contributed by atoms with Crippen LogP contribution in [0, 0.1) is 4.82 Å². The van der Waals surface area contributed by atoms with Crippen molar-refractivity contribution in [2.45, 2.75) is 19.7 Å². The third-order valence-corrected chi connectivity index (χ3v) is 2.12. The summed E-state index contributed by atoms with van der Waals surface area (Å²) in [5, 5.41) is 0. The Hall–Kier alpha value is 1.12.